The molecule has 106 valence electrons. The van der Waals surface area contributed by atoms with Gasteiger partial charge < -0.3 is 9.47 Å². The minimum absolute atomic E-state index is 0.368. The summed E-state index contributed by atoms with van der Waals surface area (Å²) in [5.41, 5.74) is 0.368. The van der Waals surface area contributed by atoms with Crippen molar-refractivity contribution in [1.29, 1.82) is 0 Å². The molecule has 2 heterocycles. The number of carbonyl (C=O) groups is 2. The maximum atomic E-state index is 11.9. The summed E-state index contributed by atoms with van der Waals surface area (Å²) < 4.78 is 9.59. The van der Waals surface area contributed by atoms with Crippen molar-refractivity contribution >= 4 is 29.5 Å². The third-order valence-corrected chi connectivity index (χ3v) is 4.20. The SMILES string of the molecule is COC(=O)C1=CN=CC(C(=O)OC)[C@H]1c1ccc(C)s1. The minimum atomic E-state index is -0.614. The van der Waals surface area contributed by atoms with Gasteiger partial charge >= 0.3 is 11.9 Å². The fourth-order valence-corrected chi connectivity index (χ4v) is 3.20. The third-order valence-electron chi connectivity index (χ3n) is 3.12. The second-order valence-electron chi connectivity index (χ2n) is 4.35. The average Bonchev–Trinajstić information content (AvgIpc) is 2.91. The van der Waals surface area contributed by atoms with Crippen LogP contribution in [0.4, 0.5) is 0 Å². The number of rotatable bonds is 3. The highest BCUT2D eigenvalue weighted by atomic mass is 32.1. The van der Waals surface area contributed by atoms with E-state index in [2.05, 4.69) is 4.99 Å². The van der Waals surface area contributed by atoms with Crippen LogP contribution in [0.25, 0.3) is 0 Å². The number of esters is 2. The van der Waals surface area contributed by atoms with Gasteiger partial charge in [0, 0.05) is 28.1 Å². The number of hydrogen-bond acceptors (Lipinski definition) is 6. The van der Waals surface area contributed by atoms with Crippen LogP contribution < -0.4 is 0 Å². The molecule has 0 radical (unpaired) electrons. The van der Waals surface area contributed by atoms with Crippen molar-refractivity contribution in [3.8, 4) is 0 Å². The molecule has 2 rings (SSSR count). The van der Waals surface area contributed by atoms with Gasteiger partial charge in [-0.2, -0.15) is 0 Å². The predicted octanol–water partition coefficient (Wildman–Crippen LogP) is 2.07. The zero-order chi connectivity index (χ0) is 14.7. The van der Waals surface area contributed by atoms with Crippen molar-refractivity contribution in [2.45, 2.75) is 12.8 Å². The molecule has 0 amide bonds. The van der Waals surface area contributed by atoms with E-state index in [1.54, 1.807) is 0 Å². The number of ether oxygens (including phenoxy) is 2. The molecule has 0 aliphatic carbocycles. The highest BCUT2D eigenvalue weighted by Crippen LogP contribution is 2.38. The molecule has 1 unspecified atom stereocenters. The molecular weight excluding hydrogens is 278 g/mol. The molecule has 0 aromatic carbocycles. The Bertz CT molecular complexity index is 588. The Kier molecular flexibility index (Phi) is 4.34. The normalized spacial score (nSPS) is 21.2. The molecule has 0 bridgehead atoms. The molecule has 6 heteroatoms. The smallest absolute Gasteiger partial charge is 0.335 e. The molecule has 5 nitrogen and oxygen atoms in total. The topological polar surface area (TPSA) is 65.0 Å². The number of methoxy groups -OCH3 is 2. The Morgan fingerprint density at radius 3 is 2.55 bits per heavy atom. The van der Waals surface area contributed by atoms with Gasteiger partial charge in [0.15, 0.2) is 0 Å². The summed E-state index contributed by atoms with van der Waals surface area (Å²) in [6.45, 7) is 1.97. The average molecular weight is 293 g/mol. The molecule has 0 fully saturated rings. The molecule has 1 aliphatic heterocycles. The number of carbonyl (C=O) groups excluding carboxylic acids is 2. The predicted molar refractivity (Wildman–Crippen MR) is 75.9 cm³/mol. The first-order valence-corrected chi connectivity index (χ1v) is 6.86. The van der Waals surface area contributed by atoms with E-state index in [0.29, 0.717) is 5.57 Å². The van der Waals surface area contributed by atoms with Crippen LogP contribution in [0.15, 0.2) is 28.9 Å². The van der Waals surface area contributed by atoms with Gasteiger partial charge in [-0.3, -0.25) is 9.79 Å². The van der Waals surface area contributed by atoms with Crippen LogP contribution in [0.1, 0.15) is 15.7 Å². The third kappa shape index (κ3) is 2.65. The molecule has 0 saturated carbocycles. The lowest BCUT2D eigenvalue weighted by molar-refractivity contribution is -0.143. The minimum Gasteiger partial charge on any atom is -0.468 e. The number of nitrogens with zero attached hydrogens (tertiary/aromatic N) is 1. The summed E-state index contributed by atoms with van der Waals surface area (Å²) in [4.78, 5) is 29.8. The summed E-state index contributed by atoms with van der Waals surface area (Å²) in [6, 6.07) is 3.87. The van der Waals surface area contributed by atoms with E-state index in [9.17, 15) is 9.59 Å². The van der Waals surface area contributed by atoms with Crippen molar-refractivity contribution in [2.75, 3.05) is 14.2 Å². The molecular formula is C14H15NO4S. The summed E-state index contributed by atoms with van der Waals surface area (Å²) in [6.07, 6.45) is 2.96. The Labute approximate surface area is 120 Å². The second kappa shape index (κ2) is 6.00. The van der Waals surface area contributed by atoms with Crippen LogP contribution in [0, 0.1) is 12.8 Å². The van der Waals surface area contributed by atoms with Crippen LogP contribution in [-0.4, -0.2) is 32.4 Å². The van der Waals surface area contributed by atoms with Crippen molar-refractivity contribution in [3.63, 3.8) is 0 Å². The summed E-state index contributed by atoms with van der Waals surface area (Å²) in [5, 5.41) is 0. The van der Waals surface area contributed by atoms with Crippen LogP contribution >= 0.6 is 11.3 Å². The molecule has 0 saturated heterocycles. The number of aliphatic imine (C=N–C) groups is 1. The maximum absolute atomic E-state index is 11.9. The largest absolute Gasteiger partial charge is 0.468 e. The van der Waals surface area contributed by atoms with Gasteiger partial charge in [0.1, 0.15) is 5.92 Å². The number of hydrogen-bond donors (Lipinski definition) is 0. The highest BCUT2D eigenvalue weighted by Gasteiger charge is 2.38. The van der Waals surface area contributed by atoms with Gasteiger partial charge in [0.25, 0.3) is 0 Å². The Morgan fingerprint density at radius 1 is 1.25 bits per heavy atom. The van der Waals surface area contributed by atoms with Crippen LogP contribution in [0.3, 0.4) is 0 Å². The molecule has 0 N–H and O–H groups in total. The number of aryl methyl sites for hydroxylation is 1. The van der Waals surface area contributed by atoms with Crippen molar-refractivity contribution < 1.29 is 19.1 Å². The molecule has 2 atom stereocenters. The Morgan fingerprint density at radius 2 is 2.00 bits per heavy atom. The van der Waals surface area contributed by atoms with Crippen LogP contribution in [0.5, 0.6) is 0 Å². The van der Waals surface area contributed by atoms with Crippen LogP contribution in [-0.2, 0) is 19.1 Å². The summed E-state index contributed by atoms with van der Waals surface area (Å²) in [5.74, 6) is -1.92. The van der Waals surface area contributed by atoms with Gasteiger partial charge in [0.2, 0.25) is 0 Å². The first-order valence-electron chi connectivity index (χ1n) is 6.04. The lowest BCUT2D eigenvalue weighted by atomic mass is 9.84. The van der Waals surface area contributed by atoms with Gasteiger partial charge in [0.05, 0.1) is 19.8 Å². The zero-order valence-electron chi connectivity index (χ0n) is 11.5. The Hall–Kier alpha value is -1.95. The molecule has 1 aliphatic rings. The van der Waals surface area contributed by atoms with E-state index in [1.165, 1.54) is 38.0 Å². The molecule has 1 aromatic rings. The number of thiophene rings is 1. The zero-order valence-corrected chi connectivity index (χ0v) is 12.3. The van der Waals surface area contributed by atoms with E-state index >= 15 is 0 Å². The molecule has 20 heavy (non-hydrogen) atoms. The fourth-order valence-electron chi connectivity index (χ4n) is 2.16. The van der Waals surface area contributed by atoms with Crippen molar-refractivity contribution in [2.24, 2.45) is 10.9 Å². The maximum Gasteiger partial charge on any atom is 0.335 e. The molecule has 0 spiro atoms. The summed E-state index contributed by atoms with van der Waals surface area (Å²) >= 11 is 1.54. The van der Waals surface area contributed by atoms with E-state index < -0.39 is 23.8 Å². The molecule has 1 aromatic heterocycles. The standard InChI is InChI=1S/C14H15NO4S/c1-8-4-5-11(20-8)12-9(13(16)18-2)6-15-7-10(12)14(17)19-3/h4-7,9,12H,1-3H3/t9?,12-/m1/s1. The fraction of sp³-hybridized carbons (Fsp3) is 0.357. The first-order chi connectivity index (χ1) is 9.58. The second-order valence-corrected chi connectivity index (χ2v) is 5.67. The van der Waals surface area contributed by atoms with Crippen molar-refractivity contribution in [3.05, 3.63) is 33.7 Å². The van der Waals surface area contributed by atoms with E-state index in [0.717, 1.165) is 9.75 Å². The summed E-state index contributed by atoms with van der Waals surface area (Å²) in [7, 11) is 2.63. The van der Waals surface area contributed by atoms with Gasteiger partial charge in [-0.15, -0.1) is 11.3 Å². The lowest BCUT2D eigenvalue weighted by Crippen LogP contribution is -2.30. The lowest BCUT2D eigenvalue weighted by Gasteiger charge is -2.24. The first kappa shape index (κ1) is 14.5. The Balaban J connectivity index is 2.46. The van der Waals surface area contributed by atoms with Crippen molar-refractivity contribution in [1.82, 2.24) is 0 Å². The van der Waals surface area contributed by atoms with Gasteiger partial charge in [-0.1, -0.05) is 0 Å². The monoisotopic (exact) mass is 293 g/mol. The van der Waals surface area contributed by atoms with E-state index in [1.807, 2.05) is 19.1 Å². The van der Waals surface area contributed by atoms with E-state index in [4.69, 9.17) is 9.47 Å². The highest BCUT2D eigenvalue weighted by molar-refractivity contribution is 7.12. The van der Waals surface area contributed by atoms with E-state index in [-0.39, 0.29) is 0 Å². The van der Waals surface area contributed by atoms with Gasteiger partial charge in [-0.05, 0) is 19.1 Å². The van der Waals surface area contributed by atoms with Crippen LogP contribution in [0.2, 0.25) is 0 Å². The van der Waals surface area contributed by atoms with Gasteiger partial charge in [-0.25, -0.2) is 4.79 Å². The quantitative estimate of drug-likeness (QED) is 0.800.